The van der Waals surface area contributed by atoms with Crippen molar-refractivity contribution in [2.24, 2.45) is 10.9 Å². The predicted octanol–water partition coefficient (Wildman–Crippen LogP) is 0.757. The van der Waals surface area contributed by atoms with Gasteiger partial charge in [-0.3, -0.25) is 15.1 Å². The Labute approximate surface area is 76.9 Å². The molecular formula is C8H13N3O2. The second-order valence-corrected chi connectivity index (χ2v) is 3.25. The van der Waals surface area contributed by atoms with Crippen molar-refractivity contribution in [3.05, 3.63) is 22.5 Å². The lowest BCUT2D eigenvalue weighted by Crippen LogP contribution is -2.31. The number of nitrogens with zero attached hydrogens (tertiary/aromatic N) is 3. The average Bonchev–Trinajstić information content (AvgIpc) is 2.03. The molecule has 0 radical (unpaired) electrons. The molecule has 1 aliphatic heterocycles. The maximum absolute atomic E-state index is 10.3. The van der Waals surface area contributed by atoms with Crippen molar-refractivity contribution in [1.82, 2.24) is 4.90 Å². The van der Waals surface area contributed by atoms with Crippen molar-refractivity contribution >= 4 is 5.71 Å². The Hall–Kier alpha value is -1.39. The van der Waals surface area contributed by atoms with Crippen molar-refractivity contribution < 1.29 is 4.92 Å². The third kappa shape index (κ3) is 2.85. The summed E-state index contributed by atoms with van der Waals surface area (Å²) in [5, 5.41) is 10.3. The lowest BCUT2D eigenvalue weighted by Gasteiger charge is -2.20. The summed E-state index contributed by atoms with van der Waals surface area (Å²) in [6.45, 7) is 2.47. The third-order valence-corrected chi connectivity index (χ3v) is 1.96. The Bertz CT molecular complexity index is 260. The zero-order valence-corrected chi connectivity index (χ0v) is 7.80. The zero-order valence-electron chi connectivity index (χ0n) is 7.80. The summed E-state index contributed by atoms with van der Waals surface area (Å²) in [6.07, 6.45) is 3.53. The van der Waals surface area contributed by atoms with Gasteiger partial charge in [0.1, 0.15) is 0 Å². The molecule has 1 unspecified atom stereocenters. The summed E-state index contributed by atoms with van der Waals surface area (Å²) in [5.74, 6) is -0.0811. The van der Waals surface area contributed by atoms with Gasteiger partial charge < -0.3 is 4.90 Å². The number of hydrogen-bond acceptors (Lipinski definition) is 4. The zero-order chi connectivity index (χ0) is 9.84. The van der Waals surface area contributed by atoms with Crippen LogP contribution in [0.3, 0.4) is 0 Å². The standard InChI is InChI=1S/C8H13N3O2/c1-7(5-11(12)13)8-6-10(2)4-3-9-8/h3-4,7H,5-6H2,1-2H3. The molecule has 1 atom stereocenters. The van der Waals surface area contributed by atoms with E-state index in [1.807, 2.05) is 25.1 Å². The molecule has 5 nitrogen and oxygen atoms in total. The van der Waals surface area contributed by atoms with Gasteiger partial charge in [0.25, 0.3) is 0 Å². The molecule has 0 bridgehead atoms. The summed E-state index contributed by atoms with van der Waals surface area (Å²) in [7, 11) is 1.92. The van der Waals surface area contributed by atoms with E-state index in [1.165, 1.54) is 0 Å². The van der Waals surface area contributed by atoms with Crippen molar-refractivity contribution in [3.63, 3.8) is 0 Å². The highest BCUT2D eigenvalue weighted by atomic mass is 16.6. The SMILES string of the molecule is CC(C[N+](=O)[O-])C1=NC=CN(C)C1. The molecule has 0 aromatic rings. The van der Waals surface area contributed by atoms with Crippen LogP contribution < -0.4 is 0 Å². The summed E-state index contributed by atoms with van der Waals surface area (Å²) in [6, 6.07) is 0. The smallest absolute Gasteiger partial charge is 0.211 e. The average molecular weight is 183 g/mol. The Kier molecular flexibility index (Phi) is 3.00. The largest absolute Gasteiger partial charge is 0.374 e. The fourth-order valence-corrected chi connectivity index (χ4v) is 1.20. The topological polar surface area (TPSA) is 58.7 Å². The number of nitro groups is 1. The van der Waals surface area contributed by atoms with E-state index in [0.29, 0.717) is 6.54 Å². The molecule has 1 rings (SSSR count). The Morgan fingerprint density at radius 2 is 2.54 bits per heavy atom. The van der Waals surface area contributed by atoms with E-state index in [1.54, 1.807) is 6.20 Å². The van der Waals surface area contributed by atoms with Crippen molar-refractivity contribution in [3.8, 4) is 0 Å². The summed E-state index contributed by atoms with van der Waals surface area (Å²) < 4.78 is 0. The number of hydrogen-bond donors (Lipinski definition) is 0. The molecule has 0 saturated carbocycles. The predicted molar refractivity (Wildman–Crippen MR) is 50.2 cm³/mol. The molecule has 1 heterocycles. The van der Waals surface area contributed by atoms with Crippen molar-refractivity contribution in [2.75, 3.05) is 20.1 Å². The number of rotatable bonds is 3. The van der Waals surface area contributed by atoms with Crippen LogP contribution in [0.15, 0.2) is 17.4 Å². The van der Waals surface area contributed by atoms with E-state index in [0.717, 1.165) is 5.71 Å². The highest BCUT2D eigenvalue weighted by Crippen LogP contribution is 2.06. The van der Waals surface area contributed by atoms with Crippen molar-refractivity contribution in [2.45, 2.75) is 6.92 Å². The van der Waals surface area contributed by atoms with Crippen LogP contribution in [0.4, 0.5) is 0 Å². The Morgan fingerprint density at radius 3 is 3.08 bits per heavy atom. The second kappa shape index (κ2) is 4.02. The van der Waals surface area contributed by atoms with Gasteiger partial charge in [-0.05, 0) is 0 Å². The minimum Gasteiger partial charge on any atom is -0.374 e. The first-order valence-electron chi connectivity index (χ1n) is 4.15. The van der Waals surface area contributed by atoms with Crippen LogP contribution in [0.2, 0.25) is 0 Å². The second-order valence-electron chi connectivity index (χ2n) is 3.25. The van der Waals surface area contributed by atoms with Crippen LogP contribution in [-0.2, 0) is 0 Å². The van der Waals surface area contributed by atoms with Gasteiger partial charge in [0.2, 0.25) is 6.54 Å². The van der Waals surface area contributed by atoms with E-state index >= 15 is 0 Å². The molecule has 5 heteroatoms. The summed E-state index contributed by atoms with van der Waals surface area (Å²) >= 11 is 0. The molecule has 0 aromatic heterocycles. The lowest BCUT2D eigenvalue weighted by atomic mass is 10.1. The first kappa shape index (κ1) is 9.70. The number of aliphatic imine (C=N–C) groups is 1. The normalized spacial score (nSPS) is 18.3. The fraction of sp³-hybridized carbons (Fsp3) is 0.625. The summed E-state index contributed by atoms with van der Waals surface area (Å²) in [5.41, 5.74) is 0.877. The lowest BCUT2D eigenvalue weighted by molar-refractivity contribution is -0.484. The van der Waals surface area contributed by atoms with Gasteiger partial charge in [-0.15, -0.1) is 0 Å². The minimum absolute atomic E-state index is 0.0412. The molecule has 0 amide bonds. The monoisotopic (exact) mass is 183 g/mol. The van der Waals surface area contributed by atoms with Gasteiger partial charge in [0, 0.05) is 30.1 Å². The maximum Gasteiger partial charge on any atom is 0.211 e. The van der Waals surface area contributed by atoms with Crippen molar-refractivity contribution in [1.29, 1.82) is 0 Å². The van der Waals surface area contributed by atoms with Crippen LogP contribution in [0, 0.1) is 16.0 Å². The molecule has 0 saturated heterocycles. The van der Waals surface area contributed by atoms with Gasteiger partial charge >= 0.3 is 0 Å². The minimum atomic E-state index is -0.300. The molecule has 72 valence electrons. The third-order valence-electron chi connectivity index (χ3n) is 1.96. The van der Waals surface area contributed by atoms with Gasteiger partial charge in [0.15, 0.2) is 0 Å². The molecule has 1 aliphatic rings. The molecule has 0 fully saturated rings. The molecule has 13 heavy (non-hydrogen) atoms. The molecular weight excluding hydrogens is 170 g/mol. The van der Waals surface area contributed by atoms with E-state index in [2.05, 4.69) is 4.99 Å². The van der Waals surface area contributed by atoms with E-state index in [-0.39, 0.29) is 17.4 Å². The van der Waals surface area contributed by atoms with E-state index in [9.17, 15) is 10.1 Å². The van der Waals surface area contributed by atoms with Crippen LogP contribution in [0.5, 0.6) is 0 Å². The van der Waals surface area contributed by atoms with Crippen LogP contribution in [0.1, 0.15) is 6.92 Å². The first-order valence-corrected chi connectivity index (χ1v) is 4.15. The Balaban J connectivity index is 2.56. The molecule has 0 spiro atoms. The first-order chi connectivity index (χ1) is 6.09. The molecule has 0 N–H and O–H groups in total. The van der Waals surface area contributed by atoms with Gasteiger partial charge in [-0.1, -0.05) is 6.92 Å². The Morgan fingerprint density at radius 1 is 1.85 bits per heavy atom. The fourth-order valence-electron chi connectivity index (χ4n) is 1.20. The van der Waals surface area contributed by atoms with Crippen LogP contribution in [0.25, 0.3) is 0 Å². The highest BCUT2D eigenvalue weighted by Gasteiger charge is 2.18. The molecule has 0 aromatic carbocycles. The van der Waals surface area contributed by atoms with Crippen LogP contribution in [-0.4, -0.2) is 35.7 Å². The maximum atomic E-state index is 10.3. The van der Waals surface area contributed by atoms with Crippen LogP contribution >= 0.6 is 0 Å². The van der Waals surface area contributed by atoms with E-state index in [4.69, 9.17) is 0 Å². The van der Waals surface area contributed by atoms with Gasteiger partial charge in [0.05, 0.1) is 12.5 Å². The summed E-state index contributed by atoms with van der Waals surface area (Å²) in [4.78, 5) is 16.0. The quantitative estimate of drug-likeness (QED) is 0.479. The van der Waals surface area contributed by atoms with Gasteiger partial charge in [-0.2, -0.15) is 0 Å². The van der Waals surface area contributed by atoms with E-state index < -0.39 is 0 Å². The van der Waals surface area contributed by atoms with Gasteiger partial charge in [-0.25, -0.2) is 0 Å². The molecule has 0 aliphatic carbocycles. The highest BCUT2D eigenvalue weighted by molar-refractivity contribution is 5.89.